The topological polar surface area (TPSA) is 84.9 Å². The maximum absolute atomic E-state index is 12.3. The first-order chi connectivity index (χ1) is 9.93. The van der Waals surface area contributed by atoms with Crippen LogP contribution >= 0.6 is 34.2 Å². The smallest absolute Gasteiger partial charge is 0.311 e. The molecule has 2 atom stereocenters. The second kappa shape index (κ2) is 6.80. The summed E-state index contributed by atoms with van der Waals surface area (Å²) in [6, 6.07) is 2.58. The molecular weight excluding hydrogens is 413 g/mol. The molecule has 2 unspecified atom stereocenters. The van der Waals surface area contributed by atoms with E-state index in [0.29, 0.717) is 10.8 Å². The van der Waals surface area contributed by atoms with Crippen LogP contribution in [0.5, 0.6) is 5.75 Å². The number of carboxylic acids is 1. The Hall–Kier alpha value is -1.06. The lowest BCUT2D eigenvalue weighted by Gasteiger charge is -2.17. The molecule has 0 spiro atoms. The number of halogens is 2. The van der Waals surface area contributed by atoms with Crippen LogP contribution in [0.15, 0.2) is 12.1 Å². The van der Waals surface area contributed by atoms with E-state index in [2.05, 4.69) is 5.32 Å². The summed E-state index contributed by atoms with van der Waals surface area (Å²) in [5.74, 6) is -1.80. The van der Waals surface area contributed by atoms with Gasteiger partial charge in [0.25, 0.3) is 5.91 Å². The van der Waals surface area contributed by atoms with Crippen LogP contribution in [-0.4, -0.2) is 43.3 Å². The normalized spacial score (nSPS) is 21.1. The number of nitrogens with one attached hydrogen (secondary N) is 1. The van der Waals surface area contributed by atoms with Crippen LogP contribution in [0, 0.1) is 9.49 Å². The van der Waals surface area contributed by atoms with Crippen LogP contribution in [0.2, 0.25) is 5.02 Å². The maximum Gasteiger partial charge on any atom is 0.311 e. The van der Waals surface area contributed by atoms with Crippen molar-refractivity contribution in [2.45, 2.75) is 6.04 Å². The predicted octanol–water partition coefficient (Wildman–Crippen LogP) is 1.78. The monoisotopic (exact) mass is 425 g/mol. The molecule has 0 saturated carbocycles. The minimum absolute atomic E-state index is 0.0882. The highest BCUT2D eigenvalue weighted by Crippen LogP contribution is 2.28. The molecule has 1 heterocycles. The third-order valence-corrected chi connectivity index (χ3v) is 4.73. The Balaban J connectivity index is 2.20. The quantitative estimate of drug-likeness (QED) is 0.719. The molecule has 1 aliphatic heterocycles. The van der Waals surface area contributed by atoms with Crippen molar-refractivity contribution >= 4 is 46.1 Å². The number of hydrogen-bond donors (Lipinski definition) is 2. The number of methoxy groups -OCH3 is 1. The second-order valence-corrected chi connectivity index (χ2v) is 6.10. The van der Waals surface area contributed by atoms with E-state index in [0.717, 1.165) is 3.57 Å². The summed E-state index contributed by atoms with van der Waals surface area (Å²) >= 11 is 8.05. The first-order valence-corrected chi connectivity index (χ1v) is 7.54. The number of rotatable bonds is 4. The van der Waals surface area contributed by atoms with Crippen LogP contribution in [0.4, 0.5) is 0 Å². The molecule has 21 heavy (non-hydrogen) atoms. The molecule has 1 aromatic carbocycles. The lowest BCUT2D eigenvalue weighted by atomic mass is 10.0. The van der Waals surface area contributed by atoms with Crippen molar-refractivity contribution in [3.63, 3.8) is 0 Å². The van der Waals surface area contributed by atoms with E-state index < -0.39 is 23.8 Å². The third kappa shape index (κ3) is 3.58. The fourth-order valence-electron chi connectivity index (χ4n) is 2.06. The van der Waals surface area contributed by atoms with Crippen LogP contribution in [-0.2, 0) is 9.53 Å². The molecule has 2 N–H and O–H groups in total. The Morgan fingerprint density at radius 1 is 1.48 bits per heavy atom. The molecule has 1 amide bonds. The molecule has 0 aromatic heterocycles. The lowest BCUT2D eigenvalue weighted by Crippen LogP contribution is -2.42. The van der Waals surface area contributed by atoms with Crippen molar-refractivity contribution in [2.24, 2.45) is 5.92 Å². The van der Waals surface area contributed by atoms with Crippen LogP contribution in [0.3, 0.4) is 0 Å². The molecule has 1 saturated heterocycles. The zero-order valence-electron chi connectivity index (χ0n) is 11.1. The van der Waals surface area contributed by atoms with Gasteiger partial charge in [-0.3, -0.25) is 9.59 Å². The lowest BCUT2D eigenvalue weighted by molar-refractivity contribution is -0.142. The summed E-state index contributed by atoms with van der Waals surface area (Å²) in [4.78, 5) is 23.4. The second-order valence-electron chi connectivity index (χ2n) is 4.53. The molecule has 8 heteroatoms. The zero-order chi connectivity index (χ0) is 15.6. The number of aliphatic carboxylic acids is 1. The molecular formula is C13H13ClINO5. The van der Waals surface area contributed by atoms with Gasteiger partial charge in [-0.25, -0.2) is 0 Å². The molecule has 6 nitrogen and oxygen atoms in total. The van der Waals surface area contributed by atoms with Gasteiger partial charge in [0, 0.05) is 3.57 Å². The third-order valence-electron chi connectivity index (χ3n) is 3.20. The minimum atomic E-state index is -0.995. The number of carbonyl (C=O) groups is 2. The van der Waals surface area contributed by atoms with Gasteiger partial charge in [-0.05, 0) is 34.7 Å². The van der Waals surface area contributed by atoms with Crippen molar-refractivity contribution in [2.75, 3.05) is 20.3 Å². The Labute approximate surface area is 139 Å². The van der Waals surface area contributed by atoms with E-state index in [1.165, 1.54) is 13.2 Å². The highest BCUT2D eigenvalue weighted by molar-refractivity contribution is 14.1. The highest BCUT2D eigenvalue weighted by atomic mass is 127. The number of benzene rings is 1. The molecule has 0 radical (unpaired) electrons. The molecule has 0 aliphatic carbocycles. The van der Waals surface area contributed by atoms with E-state index in [4.69, 9.17) is 26.2 Å². The molecule has 2 rings (SSSR count). The van der Waals surface area contributed by atoms with Gasteiger partial charge in [0.2, 0.25) is 0 Å². The van der Waals surface area contributed by atoms with E-state index in [1.54, 1.807) is 6.07 Å². The van der Waals surface area contributed by atoms with Crippen molar-refractivity contribution < 1.29 is 24.2 Å². The molecule has 0 bridgehead atoms. The van der Waals surface area contributed by atoms with Gasteiger partial charge in [0.15, 0.2) is 0 Å². The number of carboxylic acid groups (broad SMARTS) is 1. The van der Waals surface area contributed by atoms with Crippen molar-refractivity contribution in [1.29, 1.82) is 0 Å². The predicted molar refractivity (Wildman–Crippen MR) is 83.9 cm³/mol. The Morgan fingerprint density at radius 2 is 2.19 bits per heavy atom. The fraction of sp³-hybridized carbons (Fsp3) is 0.385. The highest BCUT2D eigenvalue weighted by Gasteiger charge is 2.35. The Morgan fingerprint density at radius 3 is 2.81 bits per heavy atom. The van der Waals surface area contributed by atoms with Gasteiger partial charge in [0.1, 0.15) is 11.7 Å². The van der Waals surface area contributed by atoms with Gasteiger partial charge < -0.3 is 19.9 Å². The molecule has 1 aromatic rings. The van der Waals surface area contributed by atoms with Crippen LogP contribution in [0.25, 0.3) is 0 Å². The van der Waals surface area contributed by atoms with Gasteiger partial charge in [0.05, 0.1) is 37.0 Å². The van der Waals surface area contributed by atoms with Gasteiger partial charge in [-0.2, -0.15) is 0 Å². The number of amides is 1. The molecule has 1 fully saturated rings. The van der Waals surface area contributed by atoms with E-state index in [-0.39, 0.29) is 18.8 Å². The van der Waals surface area contributed by atoms with Crippen molar-refractivity contribution in [1.82, 2.24) is 5.32 Å². The summed E-state index contributed by atoms with van der Waals surface area (Å²) < 4.78 is 11.0. The van der Waals surface area contributed by atoms with Gasteiger partial charge in [-0.1, -0.05) is 11.6 Å². The van der Waals surface area contributed by atoms with Crippen LogP contribution < -0.4 is 10.1 Å². The first-order valence-electron chi connectivity index (χ1n) is 6.08. The van der Waals surface area contributed by atoms with E-state index in [9.17, 15) is 9.59 Å². The summed E-state index contributed by atoms with van der Waals surface area (Å²) in [6.07, 6.45) is 0. The van der Waals surface area contributed by atoms with Gasteiger partial charge >= 0.3 is 5.97 Å². The number of hydrogen-bond acceptors (Lipinski definition) is 4. The Kier molecular flexibility index (Phi) is 5.28. The maximum atomic E-state index is 12.3. The first kappa shape index (κ1) is 16.3. The van der Waals surface area contributed by atoms with Crippen molar-refractivity contribution in [3.8, 4) is 5.75 Å². The summed E-state index contributed by atoms with van der Waals surface area (Å²) in [5.41, 5.74) is 0.263. The zero-order valence-corrected chi connectivity index (χ0v) is 14.0. The molecule has 114 valence electrons. The standard InChI is InChI=1S/C13H13ClINO5/c1-20-11-3-9(15)8(14)2-6(11)12(17)16-10-5-21-4-7(10)13(18)19/h2-3,7,10H,4-5H2,1H3,(H,16,17)(H,18,19). The molecule has 1 aliphatic rings. The largest absolute Gasteiger partial charge is 0.496 e. The fourth-order valence-corrected chi connectivity index (χ4v) is 2.66. The number of carbonyl (C=O) groups excluding carboxylic acids is 1. The van der Waals surface area contributed by atoms with Crippen molar-refractivity contribution in [3.05, 3.63) is 26.3 Å². The minimum Gasteiger partial charge on any atom is -0.496 e. The van der Waals surface area contributed by atoms with E-state index in [1.807, 2.05) is 22.6 Å². The Bertz CT molecular complexity index is 580. The summed E-state index contributed by atoms with van der Waals surface area (Å²) in [5, 5.41) is 12.2. The van der Waals surface area contributed by atoms with Crippen LogP contribution in [0.1, 0.15) is 10.4 Å². The van der Waals surface area contributed by atoms with Gasteiger partial charge in [-0.15, -0.1) is 0 Å². The van der Waals surface area contributed by atoms with E-state index >= 15 is 0 Å². The number of ether oxygens (including phenoxy) is 2. The average molecular weight is 426 g/mol. The summed E-state index contributed by atoms with van der Waals surface area (Å²) in [6.45, 7) is 0.258. The summed E-state index contributed by atoms with van der Waals surface area (Å²) in [7, 11) is 1.45. The average Bonchev–Trinajstić information content (AvgIpc) is 2.89. The SMILES string of the molecule is COc1cc(I)c(Cl)cc1C(=O)NC1COCC1C(=O)O.